The molecule has 0 spiro atoms. The van der Waals surface area contributed by atoms with E-state index in [1.54, 1.807) is 0 Å². The first-order chi connectivity index (χ1) is 20.3. The summed E-state index contributed by atoms with van der Waals surface area (Å²) in [6, 6.07) is 46.5. The third-order valence-corrected chi connectivity index (χ3v) is 9.07. The third kappa shape index (κ3) is 2.75. The number of imidazole rings is 1. The Morgan fingerprint density at radius 2 is 1.22 bits per heavy atom. The van der Waals surface area contributed by atoms with Crippen molar-refractivity contribution in [1.29, 1.82) is 0 Å². The first kappa shape index (κ1) is 21.4. The Hall–Kier alpha value is -5.41. The van der Waals surface area contributed by atoms with Crippen molar-refractivity contribution in [1.82, 2.24) is 14.0 Å². The van der Waals surface area contributed by atoms with Crippen molar-refractivity contribution in [3.63, 3.8) is 0 Å². The molecule has 0 radical (unpaired) electrons. The molecule has 0 fully saturated rings. The molecule has 0 amide bonds. The number of nitrogens with zero attached hydrogens (tertiary/aromatic N) is 3. The normalized spacial score (nSPS) is 12.8. The molecule has 190 valence electrons. The quantitative estimate of drug-likeness (QED) is 0.197. The van der Waals surface area contributed by atoms with Crippen molar-refractivity contribution < 1.29 is 0 Å². The fraction of sp³-hybridized carbons (Fsp3) is 0.0263. The van der Waals surface area contributed by atoms with Gasteiger partial charge in [0.15, 0.2) is 0 Å². The second-order valence-corrected chi connectivity index (χ2v) is 11.2. The zero-order valence-electron chi connectivity index (χ0n) is 22.2. The number of hydrogen-bond acceptors (Lipinski definition) is 1. The van der Waals surface area contributed by atoms with Gasteiger partial charge >= 0.3 is 0 Å². The lowest BCUT2D eigenvalue weighted by Gasteiger charge is -2.13. The van der Waals surface area contributed by atoms with Crippen LogP contribution in [0.2, 0.25) is 0 Å². The second kappa shape index (κ2) is 7.61. The number of hydrogen-bond donors (Lipinski definition) is 0. The Labute approximate surface area is 235 Å². The van der Waals surface area contributed by atoms with Crippen molar-refractivity contribution in [3.05, 3.63) is 139 Å². The maximum absolute atomic E-state index is 5.23. The fourth-order valence-electron chi connectivity index (χ4n) is 7.30. The molecule has 6 aromatic carbocycles. The van der Waals surface area contributed by atoms with Crippen LogP contribution in [0.15, 0.2) is 127 Å². The minimum absolute atomic E-state index is 0.967. The lowest BCUT2D eigenvalue weighted by molar-refractivity contribution is 1.18. The van der Waals surface area contributed by atoms with Gasteiger partial charge in [-0.25, -0.2) is 4.98 Å². The van der Waals surface area contributed by atoms with Gasteiger partial charge in [-0.3, -0.25) is 4.40 Å². The summed E-state index contributed by atoms with van der Waals surface area (Å²) in [7, 11) is 0. The number of aromatic nitrogens is 3. The molecular weight excluding hydrogens is 498 g/mol. The SMILES string of the molecule is c1ccc(-n2c3ccccc3c3cc4c(cc32)c2cc3c(cc2n2c5ccccc5nc42)Cc2ccccc2-3)cc1. The van der Waals surface area contributed by atoms with Crippen LogP contribution in [0.25, 0.3) is 77.0 Å². The summed E-state index contributed by atoms with van der Waals surface area (Å²) in [6.07, 6.45) is 0.967. The number of benzene rings is 6. The minimum Gasteiger partial charge on any atom is -0.309 e. The van der Waals surface area contributed by atoms with Crippen LogP contribution < -0.4 is 0 Å². The highest BCUT2D eigenvalue weighted by atomic mass is 15.0. The predicted octanol–water partition coefficient (Wildman–Crippen LogP) is 9.46. The molecule has 41 heavy (non-hydrogen) atoms. The third-order valence-electron chi connectivity index (χ3n) is 9.07. The molecule has 3 heteroatoms. The van der Waals surface area contributed by atoms with E-state index in [2.05, 4.69) is 136 Å². The van der Waals surface area contributed by atoms with Crippen molar-refractivity contribution in [2.45, 2.75) is 6.42 Å². The van der Waals surface area contributed by atoms with Gasteiger partial charge in [-0.15, -0.1) is 0 Å². The molecule has 1 aliphatic carbocycles. The average Bonchev–Trinajstić information content (AvgIpc) is 3.69. The molecule has 0 aliphatic heterocycles. The van der Waals surface area contributed by atoms with Gasteiger partial charge < -0.3 is 4.57 Å². The Morgan fingerprint density at radius 1 is 0.463 bits per heavy atom. The van der Waals surface area contributed by atoms with Crippen LogP contribution >= 0.6 is 0 Å². The summed E-state index contributed by atoms with van der Waals surface area (Å²) in [6.45, 7) is 0. The van der Waals surface area contributed by atoms with E-state index in [-0.39, 0.29) is 0 Å². The zero-order chi connectivity index (χ0) is 26.7. The lowest BCUT2D eigenvalue weighted by atomic mass is 9.98. The smallest absolute Gasteiger partial charge is 0.146 e. The summed E-state index contributed by atoms with van der Waals surface area (Å²) in [5.41, 5.74) is 13.5. The van der Waals surface area contributed by atoms with Crippen LogP contribution in [0, 0.1) is 0 Å². The van der Waals surface area contributed by atoms with E-state index in [4.69, 9.17) is 4.98 Å². The van der Waals surface area contributed by atoms with E-state index in [0.717, 1.165) is 23.1 Å². The highest BCUT2D eigenvalue weighted by Crippen LogP contribution is 2.43. The van der Waals surface area contributed by atoms with Crippen LogP contribution in [-0.2, 0) is 6.42 Å². The van der Waals surface area contributed by atoms with Crippen LogP contribution in [0.4, 0.5) is 0 Å². The molecule has 9 aromatic rings. The second-order valence-electron chi connectivity index (χ2n) is 11.2. The van der Waals surface area contributed by atoms with Gasteiger partial charge in [0.25, 0.3) is 0 Å². The molecule has 3 heterocycles. The highest BCUT2D eigenvalue weighted by Gasteiger charge is 2.23. The van der Waals surface area contributed by atoms with Gasteiger partial charge in [0.1, 0.15) is 5.65 Å². The predicted molar refractivity (Wildman–Crippen MR) is 170 cm³/mol. The van der Waals surface area contributed by atoms with Crippen LogP contribution in [0.5, 0.6) is 0 Å². The summed E-state index contributed by atoms with van der Waals surface area (Å²) in [5.74, 6) is 0. The molecule has 0 unspecified atom stereocenters. The molecule has 0 saturated heterocycles. The Kier molecular flexibility index (Phi) is 3.98. The maximum atomic E-state index is 5.23. The van der Waals surface area contributed by atoms with E-state index >= 15 is 0 Å². The molecule has 10 rings (SSSR count). The van der Waals surface area contributed by atoms with E-state index in [1.165, 1.54) is 71.4 Å². The van der Waals surface area contributed by atoms with Gasteiger partial charge in [0.05, 0.1) is 27.6 Å². The maximum Gasteiger partial charge on any atom is 0.146 e. The van der Waals surface area contributed by atoms with Crippen molar-refractivity contribution >= 4 is 60.2 Å². The van der Waals surface area contributed by atoms with E-state index in [9.17, 15) is 0 Å². The average molecular weight is 522 g/mol. The van der Waals surface area contributed by atoms with Gasteiger partial charge in [-0.2, -0.15) is 0 Å². The molecule has 1 aliphatic rings. The molecule has 0 atom stereocenters. The Balaban J connectivity index is 1.45. The highest BCUT2D eigenvalue weighted by molar-refractivity contribution is 6.22. The summed E-state index contributed by atoms with van der Waals surface area (Å²) < 4.78 is 4.79. The monoisotopic (exact) mass is 521 g/mol. The molecule has 3 nitrogen and oxygen atoms in total. The number of fused-ring (bicyclic) bond motifs is 14. The number of pyridine rings is 1. The summed E-state index contributed by atoms with van der Waals surface area (Å²) >= 11 is 0. The minimum atomic E-state index is 0.967. The molecular formula is C38H23N3. The van der Waals surface area contributed by atoms with Crippen molar-refractivity contribution in [3.8, 4) is 16.8 Å². The first-order valence-electron chi connectivity index (χ1n) is 14.2. The van der Waals surface area contributed by atoms with Gasteiger partial charge in [0, 0.05) is 27.2 Å². The standard InChI is InChI=1S/C38H23N3/c1-2-11-25(12-3-1)40-34-16-8-6-14-27(34)30-21-32-29(22-37(30)40)31-20-28-24(18-23-10-4-5-13-26(23)28)19-36(31)41-35-17-9-7-15-33(35)39-38(32)41/h1-17,19-22H,18H2. The Morgan fingerprint density at radius 3 is 2.15 bits per heavy atom. The summed E-state index contributed by atoms with van der Waals surface area (Å²) in [4.78, 5) is 5.23. The van der Waals surface area contributed by atoms with Gasteiger partial charge in [0.2, 0.25) is 0 Å². The van der Waals surface area contributed by atoms with Gasteiger partial charge in [-0.05, 0) is 88.7 Å². The topological polar surface area (TPSA) is 22.2 Å². The van der Waals surface area contributed by atoms with Gasteiger partial charge in [-0.1, -0.05) is 72.8 Å². The molecule has 0 saturated carbocycles. The van der Waals surface area contributed by atoms with Crippen molar-refractivity contribution in [2.75, 3.05) is 0 Å². The fourth-order valence-corrected chi connectivity index (χ4v) is 7.30. The van der Waals surface area contributed by atoms with Crippen molar-refractivity contribution in [2.24, 2.45) is 0 Å². The zero-order valence-corrected chi connectivity index (χ0v) is 22.2. The van der Waals surface area contributed by atoms with Crippen LogP contribution in [0.3, 0.4) is 0 Å². The van der Waals surface area contributed by atoms with Crippen LogP contribution in [-0.4, -0.2) is 14.0 Å². The molecule has 0 N–H and O–H groups in total. The first-order valence-corrected chi connectivity index (χ1v) is 14.2. The van der Waals surface area contributed by atoms with Crippen LogP contribution in [0.1, 0.15) is 11.1 Å². The van der Waals surface area contributed by atoms with E-state index in [0.29, 0.717) is 0 Å². The summed E-state index contributed by atoms with van der Waals surface area (Å²) in [5, 5.41) is 6.19. The lowest BCUT2D eigenvalue weighted by Crippen LogP contribution is -1.95. The van der Waals surface area contributed by atoms with E-state index < -0.39 is 0 Å². The largest absolute Gasteiger partial charge is 0.309 e. The molecule has 3 aromatic heterocycles. The Bertz CT molecular complexity index is 2550. The number of rotatable bonds is 1. The van der Waals surface area contributed by atoms with E-state index in [1.807, 2.05) is 0 Å². The number of para-hydroxylation sites is 4. The molecule has 0 bridgehead atoms.